The molecule has 0 aliphatic rings. The van der Waals surface area contributed by atoms with Crippen molar-refractivity contribution in [2.75, 3.05) is 12.4 Å². The maximum atomic E-state index is 11.9. The van der Waals surface area contributed by atoms with Crippen LogP contribution in [-0.4, -0.2) is 23.0 Å². The number of esters is 1. The lowest BCUT2D eigenvalue weighted by Crippen LogP contribution is -2.03. The van der Waals surface area contributed by atoms with Gasteiger partial charge < -0.3 is 10.1 Å². The number of hydrogen-bond acceptors (Lipinski definition) is 6. The van der Waals surface area contributed by atoms with E-state index in [1.165, 1.54) is 13.4 Å². The number of halogens is 2. The summed E-state index contributed by atoms with van der Waals surface area (Å²) in [6, 6.07) is 12.6. The summed E-state index contributed by atoms with van der Waals surface area (Å²) in [5, 5.41) is 5.28. The second-order valence-corrected chi connectivity index (χ2v) is 8.30. The van der Waals surface area contributed by atoms with Gasteiger partial charge >= 0.3 is 5.97 Å². The molecule has 0 bridgehead atoms. The van der Waals surface area contributed by atoms with Gasteiger partial charge in [0.25, 0.3) is 0 Å². The summed E-state index contributed by atoms with van der Waals surface area (Å²) in [6.45, 7) is 2.05. The summed E-state index contributed by atoms with van der Waals surface area (Å²) in [5.74, 6) is 0.166. The first-order valence-corrected chi connectivity index (χ1v) is 10.2. The lowest BCUT2D eigenvalue weighted by molar-refractivity contribution is 0.0601. The van der Waals surface area contributed by atoms with Gasteiger partial charge in [-0.05, 0) is 42.8 Å². The number of ether oxygens (including phenoxy) is 1. The van der Waals surface area contributed by atoms with E-state index in [-0.39, 0.29) is 0 Å². The van der Waals surface area contributed by atoms with Crippen molar-refractivity contribution in [3.8, 4) is 11.1 Å². The van der Waals surface area contributed by atoms with Crippen LogP contribution in [0.1, 0.15) is 15.2 Å². The number of aryl methyl sites for hydroxylation is 1. The molecule has 8 heteroatoms. The number of anilines is 2. The zero-order valence-electron chi connectivity index (χ0n) is 15.5. The molecule has 0 unspecified atom stereocenters. The van der Waals surface area contributed by atoms with E-state index in [0.29, 0.717) is 27.1 Å². The smallest absolute Gasteiger partial charge is 0.337 e. The molecule has 4 aromatic rings. The summed E-state index contributed by atoms with van der Waals surface area (Å²) < 4.78 is 4.80. The number of carbonyl (C=O) groups excluding carboxylic acids is 1. The van der Waals surface area contributed by atoms with Gasteiger partial charge in [0.1, 0.15) is 17.0 Å². The summed E-state index contributed by atoms with van der Waals surface area (Å²) in [7, 11) is 1.34. The van der Waals surface area contributed by atoms with Crippen LogP contribution >= 0.6 is 34.5 Å². The largest absolute Gasteiger partial charge is 0.465 e. The molecule has 0 amide bonds. The van der Waals surface area contributed by atoms with Crippen LogP contribution in [0.15, 0.2) is 48.8 Å². The minimum Gasteiger partial charge on any atom is -0.465 e. The zero-order valence-corrected chi connectivity index (χ0v) is 17.8. The number of benzene rings is 2. The minimum atomic E-state index is -0.439. The molecular formula is C21H15Cl2N3O2S. The SMILES string of the molecule is COC(=O)c1ccc(Cl)c(Nc2ncnc3sc(C)c(-c4ccc(Cl)cc4)c23)c1. The highest BCUT2D eigenvalue weighted by Gasteiger charge is 2.18. The van der Waals surface area contributed by atoms with E-state index in [1.54, 1.807) is 29.5 Å². The van der Waals surface area contributed by atoms with Gasteiger partial charge in [-0.1, -0.05) is 35.3 Å². The van der Waals surface area contributed by atoms with E-state index < -0.39 is 5.97 Å². The van der Waals surface area contributed by atoms with Crippen LogP contribution < -0.4 is 5.32 Å². The lowest BCUT2D eigenvalue weighted by Gasteiger charge is -2.11. The average Bonchev–Trinajstić information content (AvgIpc) is 3.06. The number of carbonyl (C=O) groups is 1. The van der Waals surface area contributed by atoms with Crippen molar-refractivity contribution in [1.29, 1.82) is 0 Å². The van der Waals surface area contributed by atoms with E-state index in [9.17, 15) is 4.79 Å². The number of nitrogens with one attached hydrogen (secondary N) is 1. The van der Waals surface area contributed by atoms with Gasteiger partial charge in [0.2, 0.25) is 0 Å². The second kappa shape index (κ2) is 7.99. The van der Waals surface area contributed by atoms with Crippen LogP contribution in [0.25, 0.3) is 21.3 Å². The fourth-order valence-corrected chi connectivity index (χ4v) is 4.40. The summed E-state index contributed by atoms with van der Waals surface area (Å²) in [6.07, 6.45) is 1.50. The first-order valence-electron chi connectivity index (χ1n) is 8.63. The lowest BCUT2D eigenvalue weighted by atomic mass is 10.0. The predicted molar refractivity (Wildman–Crippen MR) is 119 cm³/mol. The van der Waals surface area contributed by atoms with Crippen LogP contribution in [0.5, 0.6) is 0 Å². The van der Waals surface area contributed by atoms with E-state index in [0.717, 1.165) is 26.2 Å². The number of nitrogens with zero attached hydrogens (tertiary/aromatic N) is 2. The monoisotopic (exact) mass is 443 g/mol. The Morgan fingerprint density at radius 3 is 2.59 bits per heavy atom. The van der Waals surface area contributed by atoms with Gasteiger partial charge in [0.15, 0.2) is 0 Å². The third-order valence-electron chi connectivity index (χ3n) is 4.44. The van der Waals surface area contributed by atoms with Crippen LogP contribution in [-0.2, 0) is 4.74 Å². The fourth-order valence-electron chi connectivity index (χ4n) is 3.10. The molecule has 29 heavy (non-hydrogen) atoms. The highest BCUT2D eigenvalue weighted by Crippen LogP contribution is 2.41. The highest BCUT2D eigenvalue weighted by atomic mass is 35.5. The third-order valence-corrected chi connectivity index (χ3v) is 6.03. The van der Waals surface area contributed by atoms with Gasteiger partial charge in [-0.15, -0.1) is 11.3 Å². The Bertz CT molecular complexity index is 1220. The molecule has 0 aliphatic heterocycles. The average molecular weight is 444 g/mol. The van der Waals surface area contributed by atoms with Crippen LogP contribution in [0.4, 0.5) is 11.5 Å². The molecule has 0 saturated heterocycles. The number of methoxy groups -OCH3 is 1. The van der Waals surface area contributed by atoms with Crippen molar-refractivity contribution in [1.82, 2.24) is 9.97 Å². The Morgan fingerprint density at radius 2 is 1.86 bits per heavy atom. The van der Waals surface area contributed by atoms with Gasteiger partial charge in [0, 0.05) is 15.5 Å². The number of fused-ring (bicyclic) bond motifs is 1. The molecule has 4 rings (SSSR count). The molecule has 5 nitrogen and oxygen atoms in total. The van der Waals surface area contributed by atoms with Gasteiger partial charge in [-0.25, -0.2) is 14.8 Å². The maximum Gasteiger partial charge on any atom is 0.337 e. The van der Waals surface area contributed by atoms with Crippen molar-refractivity contribution < 1.29 is 9.53 Å². The molecule has 2 aromatic carbocycles. The number of rotatable bonds is 4. The summed E-state index contributed by atoms with van der Waals surface area (Å²) in [4.78, 5) is 22.7. The predicted octanol–water partition coefficient (Wildman–Crippen LogP) is 6.50. The molecule has 0 atom stereocenters. The molecule has 1 N–H and O–H groups in total. The van der Waals surface area contributed by atoms with E-state index >= 15 is 0 Å². The fraction of sp³-hybridized carbons (Fsp3) is 0.0952. The summed E-state index contributed by atoms with van der Waals surface area (Å²) >= 11 is 14.0. The highest BCUT2D eigenvalue weighted by molar-refractivity contribution is 7.19. The molecule has 0 aliphatic carbocycles. The van der Waals surface area contributed by atoms with Crippen LogP contribution in [0.2, 0.25) is 10.0 Å². The molecule has 2 heterocycles. The third kappa shape index (κ3) is 3.79. The van der Waals surface area contributed by atoms with Gasteiger partial charge in [-0.2, -0.15) is 0 Å². The quantitative estimate of drug-likeness (QED) is 0.364. The molecule has 0 radical (unpaired) electrons. The van der Waals surface area contributed by atoms with Crippen LogP contribution in [0.3, 0.4) is 0 Å². The molecule has 0 fully saturated rings. The molecular weight excluding hydrogens is 429 g/mol. The van der Waals surface area contributed by atoms with Crippen molar-refractivity contribution >= 4 is 62.2 Å². The first kappa shape index (κ1) is 19.6. The molecule has 2 aromatic heterocycles. The Labute approximate surface area is 181 Å². The number of aromatic nitrogens is 2. The van der Waals surface area contributed by atoms with E-state index in [1.807, 2.05) is 31.2 Å². The zero-order chi connectivity index (χ0) is 20.5. The Hall–Kier alpha value is -2.67. The van der Waals surface area contributed by atoms with Gasteiger partial charge in [0.05, 0.1) is 28.8 Å². The topological polar surface area (TPSA) is 64.1 Å². The van der Waals surface area contributed by atoms with Gasteiger partial charge in [-0.3, -0.25) is 0 Å². The molecule has 146 valence electrons. The molecule has 0 saturated carbocycles. The van der Waals surface area contributed by atoms with Crippen molar-refractivity contribution in [2.45, 2.75) is 6.92 Å². The Balaban J connectivity index is 1.85. The Kier molecular flexibility index (Phi) is 5.41. The van der Waals surface area contributed by atoms with Crippen molar-refractivity contribution in [3.05, 3.63) is 69.3 Å². The van der Waals surface area contributed by atoms with Crippen LogP contribution in [0, 0.1) is 6.92 Å². The number of thiophene rings is 1. The van der Waals surface area contributed by atoms with E-state index in [4.69, 9.17) is 27.9 Å². The summed E-state index contributed by atoms with van der Waals surface area (Å²) in [5.41, 5.74) is 3.00. The first-order chi connectivity index (χ1) is 14.0. The maximum absolute atomic E-state index is 11.9. The normalized spacial score (nSPS) is 10.9. The molecule has 0 spiro atoms. The standard InChI is InChI=1S/C21H15Cl2N3O2S/c1-11-17(12-3-6-14(22)7-4-12)18-19(24-10-25-20(18)29-11)26-16-9-13(21(27)28-2)5-8-15(16)23/h3-10H,1-2H3,(H,24,25,26). The minimum absolute atomic E-state index is 0.393. The second-order valence-electron chi connectivity index (χ2n) is 6.25. The number of hydrogen-bond donors (Lipinski definition) is 1. The Morgan fingerprint density at radius 1 is 1.10 bits per heavy atom. The van der Waals surface area contributed by atoms with E-state index in [2.05, 4.69) is 15.3 Å². The van der Waals surface area contributed by atoms with Crippen molar-refractivity contribution in [3.63, 3.8) is 0 Å². The van der Waals surface area contributed by atoms with Crippen molar-refractivity contribution in [2.24, 2.45) is 0 Å².